The molecule has 0 aliphatic carbocycles. The molecule has 19 heavy (non-hydrogen) atoms. The number of halogens is 1. The van der Waals surface area contributed by atoms with Crippen LogP contribution in [0.5, 0.6) is 0 Å². The maximum atomic E-state index is 10.9. The van der Waals surface area contributed by atoms with Crippen molar-refractivity contribution in [2.75, 3.05) is 5.32 Å². The lowest BCUT2D eigenvalue weighted by Crippen LogP contribution is -2.05. The van der Waals surface area contributed by atoms with E-state index >= 15 is 0 Å². The van der Waals surface area contributed by atoms with Gasteiger partial charge in [0.2, 0.25) is 0 Å². The van der Waals surface area contributed by atoms with E-state index in [0.29, 0.717) is 16.7 Å². The minimum absolute atomic E-state index is 0.0480. The zero-order valence-corrected chi connectivity index (χ0v) is 11.2. The number of nitrogens with one attached hydrogen (secondary N) is 1. The maximum Gasteiger partial charge on any atom is 0.354 e. The number of rotatable bonds is 3. The zero-order valence-electron chi connectivity index (χ0n) is 10.4. The van der Waals surface area contributed by atoms with E-state index < -0.39 is 5.97 Å². The second kappa shape index (κ2) is 5.24. The van der Waals surface area contributed by atoms with E-state index in [4.69, 9.17) is 16.7 Å². The highest BCUT2D eigenvalue weighted by molar-refractivity contribution is 6.31. The molecule has 2 aromatic rings. The molecule has 1 heterocycles. The average molecular weight is 278 g/mol. The van der Waals surface area contributed by atoms with Gasteiger partial charge in [-0.3, -0.25) is 0 Å². The number of carbonyl (C=O) groups is 1. The van der Waals surface area contributed by atoms with Crippen LogP contribution in [0.3, 0.4) is 0 Å². The first kappa shape index (κ1) is 13.3. The van der Waals surface area contributed by atoms with Crippen LogP contribution in [0.1, 0.15) is 21.9 Å². The van der Waals surface area contributed by atoms with E-state index in [2.05, 4.69) is 15.3 Å². The molecule has 0 aliphatic heterocycles. The summed E-state index contributed by atoms with van der Waals surface area (Å²) < 4.78 is 0. The summed E-state index contributed by atoms with van der Waals surface area (Å²) in [6, 6.07) is 6.85. The van der Waals surface area contributed by atoms with E-state index in [9.17, 15) is 4.79 Å². The molecule has 6 heteroatoms. The normalized spacial score (nSPS) is 10.3. The quantitative estimate of drug-likeness (QED) is 0.901. The molecular formula is C13H12ClN3O2. The first-order valence-corrected chi connectivity index (χ1v) is 5.95. The molecule has 0 atom stereocenters. The Morgan fingerprint density at radius 2 is 2.00 bits per heavy atom. The van der Waals surface area contributed by atoms with E-state index in [-0.39, 0.29) is 5.69 Å². The van der Waals surface area contributed by atoms with Gasteiger partial charge in [-0.05, 0) is 31.5 Å². The average Bonchev–Trinajstić information content (AvgIpc) is 2.33. The Morgan fingerprint density at radius 1 is 1.26 bits per heavy atom. The predicted molar refractivity (Wildman–Crippen MR) is 73.2 cm³/mol. The molecule has 0 spiro atoms. The van der Waals surface area contributed by atoms with Crippen LogP contribution < -0.4 is 5.32 Å². The summed E-state index contributed by atoms with van der Waals surface area (Å²) in [6.45, 7) is 3.54. The molecule has 98 valence electrons. The van der Waals surface area contributed by atoms with E-state index in [1.165, 1.54) is 6.07 Å². The van der Waals surface area contributed by atoms with Crippen molar-refractivity contribution in [1.82, 2.24) is 9.97 Å². The molecule has 0 saturated heterocycles. The van der Waals surface area contributed by atoms with E-state index in [1.54, 1.807) is 13.0 Å². The van der Waals surface area contributed by atoms with Crippen LogP contribution in [-0.2, 0) is 0 Å². The van der Waals surface area contributed by atoms with Gasteiger partial charge < -0.3 is 10.4 Å². The number of hydrogen-bond donors (Lipinski definition) is 2. The second-order valence-electron chi connectivity index (χ2n) is 4.08. The largest absolute Gasteiger partial charge is 0.477 e. The third-order valence-electron chi connectivity index (χ3n) is 2.50. The van der Waals surface area contributed by atoms with Gasteiger partial charge in [0.1, 0.15) is 11.6 Å². The Labute approximate surface area is 115 Å². The van der Waals surface area contributed by atoms with E-state index in [1.807, 2.05) is 19.1 Å². The van der Waals surface area contributed by atoms with Gasteiger partial charge in [0.15, 0.2) is 5.69 Å². The number of nitrogens with zero attached hydrogens (tertiary/aromatic N) is 2. The van der Waals surface area contributed by atoms with Crippen molar-refractivity contribution in [3.8, 4) is 0 Å². The lowest BCUT2D eigenvalue weighted by atomic mass is 10.2. The van der Waals surface area contributed by atoms with Gasteiger partial charge in [0.05, 0.1) is 0 Å². The number of carboxylic acids is 1. The van der Waals surface area contributed by atoms with Gasteiger partial charge in [-0.2, -0.15) is 0 Å². The summed E-state index contributed by atoms with van der Waals surface area (Å²) in [5.41, 5.74) is 1.66. The lowest BCUT2D eigenvalue weighted by Gasteiger charge is -2.08. The molecular weight excluding hydrogens is 266 g/mol. The number of carboxylic acid groups (broad SMARTS) is 1. The molecule has 0 saturated carbocycles. The van der Waals surface area contributed by atoms with Crippen LogP contribution in [0.2, 0.25) is 5.02 Å². The molecule has 0 unspecified atom stereocenters. The molecule has 0 bridgehead atoms. The van der Waals surface area contributed by atoms with Crippen LogP contribution in [0.25, 0.3) is 0 Å². The number of anilines is 2. The minimum Gasteiger partial charge on any atom is -0.477 e. The smallest absolute Gasteiger partial charge is 0.354 e. The van der Waals surface area contributed by atoms with Gasteiger partial charge in [-0.1, -0.05) is 17.7 Å². The number of aryl methyl sites for hydroxylation is 2. The topological polar surface area (TPSA) is 75.1 Å². The molecule has 2 N–H and O–H groups in total. The number of aromatic carboxylic acids is 1. The van der Waals surface area contributed by atoms with Crippen molar-refractivity contribution >= 4 is 29.1 Å². The van der Waals surface area contributed by atoms with Gasteiger partial charge >= 0.3 is 5.97 Å². The van der Waals surface area contributed by atoms with E-state index in [0.717, 1.165) is 11.3 Å². The minimum atomic E-state index is -1.09. The van der Waals surface area contributed by atoms with Crippen LogP contribution in [-0.4, -0.2) is 21.0 Å². The molecule has 0 fully saturated rings. The molecule has 0 amide bonds. The highest BCUT2D eigenvalue weighted by atomic mass is 35.5. The fourth-order valence-electron chi connectivity index (χ4n) is 1.56. The first-order valence-electron chi connectivity index (χ1n) is 5.58. The molecule has 5 nitrogen and oxygen atoms in total. The van der Waals surface area contributed by atoms with Crippen LogP contribution in [0.15, 0.2) is 24.3 Å². The van der Waals surface area contributed by atoms with Gasteiger partial charge in [0.25, 0.3) is 0 Å². The SMILES string of the molecule is Cc1nc(Nc2ccc(C)c(Cl)c2)cc(C(=O)O)n1. The van der Waals surface area contributed by atoms with Crippen molar-refractivity contribution in [2.24, 2.45) is 0 Å². The first-order chi connectivity index (χ1) is 8.95. The Balaban J connectivity index is 2.32. The fraction of sp³-hybridized carbons (Fsp3) is 0.154. The second-order valence-corrected chi connectivity index (χ2v) is 4.49. The highest BCUT2D eigenvalue weighted by Gasteiger charge is 2.09. The van der Waals surface area contributed by atoms with Crippen LogP contribution in [0, 0.1) is 13.8 Å². The van der Waals surface area contributed by atoms with Crippen molar-refractivity contribution in [3.63, 3.8) is 0 Å². The number of hydrogen-bond acceptors (Lipinski definition) is 4. The van der Waals surface area contributed by atoms with Crippen LogP contribution in [0.4, 0.5) is 11.5 Å². The summed E-state index contributed by atoms with van der Waals surface area (Å²) in [5.74, 6) is -0.277. The molecule has 1 aromatic heterocycles. The maximum absolute atomic E-state index is 10.9. The number of aromatic nitrogens is 2. The van der Waals surface area contributed by atoms with Gasteiger partial charge in [0, 0.05) is 16.8 Å². The van der Waals surface area contributed by atoms with Crippen LogP contribution >= 0.6 is 11.6 Å². The van der Waals surface area contributed by atoms with Crippen molar-refractivity contribution in [2.45, 2.75) is 13.8 Å². The third kappa shape index (κ3) is 3.20. The Hall–Kier alpha value is -2.14. The zero-order chi connectivity index (χ0) is 14.0. The summed E-state index contributed by atoms with van der Waals surface area (Å²) >= 11 is 6.03. The fourth-order valence-corrected chi connectivity index (χ4v) is 1.74. The van der Waals surface area contributed by atoms with Crippen molar-refractivity contribution in [3.05, 3.63) is 46.4 Å². The standard InChI is InChI=1S/C13H12ClN3O2/c1-7-3-4-9(5-10(7)14)17-12-6-11(13(18)19)15-8(2)16-12/h3-6H,1-2H3,(H,18,19)(H,15,16,17). The van der Waals surface area contributed by atoms with Crippen molar-refractivity contribution < 1.29 is 9.90 Å². The highest BCUT2D eigenvalue weighted by Crippen LogP contribution is 2.22. The summed E-state index contributed by atoms with van der Waals surface area (Å²) in [5, 5.41) is 12.6. The summed E-state index contributed by atoms with van der Waals surface area (Å²) in [6.07, 6.45) is 0. The van der Waals surface area contributed by atoms with Crippen molar-refractivity contribution in [1.29, 1.82) is 0 Å². The Bertz CT molecular complexity index is 644. The summed E-state index contributed by atoms with van der Waals surface area (Å²) in [7, 11) is 0. The Kier molecular flexibility index (Phi) is 3.66. The molecule has 0 aliphatic rings. The lowest BCUT2D eigenvalue weighted by molar-refractivity contribution is 0.0690. The van der Waals surface area contributed by atoms with Gasteiger partial charge in [-0.25, -0.2) is 14.8 Å². The monoisotopic (exact) mass is 277 g/mol. The summed E-state index contributed by atoms with van der Waals surface area (Å²) in [4.78, 5) is 18.9. The molecule has 1 aromatic carbocycles. The Morgan fingerprint density at radius 3 is 2.63 bits per heavy atom. The third-order valence-corrected chi connectivity index (χ3v) is 2.91. The molecule has 0 radical (unpaired) electrons. The molecule has 2 rings (SSSR count). The number of benzene rings is 1. The predicted octanol–water partition coefficient (Wildman–Crippen LogP) is 3.19. The van der Waals surface area contributed by atoms with Gasteiger partial charge in [-0.15, -0.1) is 0 Å².